The lowest BCUT2D eigenvalue weighted by molar-refractivity contribution is 0.102. The Morgan fingerprint density at radius 1 is 1.17 bits per heavy atom. The van der Waals surface area contributed by atoms with E-state index in [1.807, 2.05) is 49.4 Å². The van der Waals surface area contributed by atoms with Crippen molar-refractivity contribution in [2.45, 2.75) is 13.5 Å². The molecule has 0 radical (unpaired) electrons. The maximum atomic E-state index is 12.4. The van der Waals surface area contributed by atoms with Crippen molar-refractivity contribution in [1.82, 2.24) is 9.78 Å². The molecule has 1 aromatic heterocycles. The van der Waals surface area contributed by atoms with Crippen LogP contribution in [0.25, 0.3) is 0 Å². The fourth-order valence-corrected chi connectivity index (χ4v) is 2.44. The van der Waals surface area contributed by atoms with Gasteiger partial charge in [0.2, 0.25) is 0 Å². The molecule has 0 aliphatic rings. The van der Waals surface area contributed by atoms with Crippen molar-refractivity contribution >= 4 is 11.7 Å². The van der Waals surface area contributed by atoms with Crippen LogP contribution in [0.4, 0.5) is 5.82 Å². The number of carbonyl (C=O) groups is 1. The summed E-state index contributed by atoms with van der Waals surface area (Å²) in [7, 11) is 1.64. The molecule has 3 aromatic rings. The maximum Gasteiger partial charge on any atom is 0.256 e. The van der Waals surface area contributed by atoms with Crippen LogP contribution >= 0.6 is 0 Å². The predicted molar refractivity (Wildman–Crippen MR) is 93.5 cm³/mol. The summed E-state index contributed by atoms with van der Waals surface area (Å²) in [6.45, 7) is 2.53. The van der Waals surface area contributed by atoms with Crippen molar-refractivity contribution in [3.63, 3.8) is 0 Å². The molecule has 3 rings (SSSR count). The molecule has 5 heteroatoms. The number of benzene rings is 2. The summed E-state index contributed by atoms with van der Waals surface area (Å²) in [5, 5.41) is 7.20. The van der Waals surface area contributed by atoms with Gasteiger partial charge in [0.1, 0.15) is 11.6 Å². The highest BCUT2D eigenvalue weighted by Crippen LogP contribution is 2.15. The average molecular weight is 321 g/mol. The Hall–Kier alpha value is -3.08. The average Bonchev–Trinajstić information content (AvgIpc) is 3.02. The minimum Gasteiger partial charge on any atom is -0.497 e. The van der Waals surface area contributed by atoms with Gasteiger partial charge in [0.05, 0.1) is 19.9 Å². The molecule has 5 nitrogen and oxygen atoms in total. The number of ether oxygens (including phenoxy) is 1. The largest absolute Gasteiger partial charge is 0.497 e. The van der Waals surface area contributed by atoms with Crippen LogP contribution in [-0.4, -0.2) is 22.8 Å². The standard InChI is InChI=1S/C19H19N3O2/c1-14-4-3-5-16(12-14)19(23)21-18-10-11-20-22(18)13-15-6-8-17(24-2)9-7-15/h3-12H,13H2,1-2H3,(H,21,23). The summed E-state index contributed by atoms with van der Waals surface area (Å²) in [6, 6.07) is 17.1. The fraction of sp³-hybridized carbons (Fsp3) is 0.158. The van der Waals surface area contributed by atoms with Crippen LogP contribution in [0.1, 0.15) is 21.5 Å². The minimum atomic E-state index is -0.143. The number of hydrogen-bond acceptors (Lipinski definition) is 3. The topological polar surface area (TPSA) is 56.1 Å². The van der Waals surface area contributed by atoms with Crippen molar-refractivity contribution in [1.29, 1.82) is 0 Å². The van der Waals surface area contributed by atoms with Gasteiger partial charge in [-0.05, 0) is 36.8 Å². The molecule has 0 spiro atoms. The van der Waals surface area contributed by atoms with Gasteiger partial charge in [-0.15, -0.1) is 0 Å². The van der Waals surface area contributed by atoms with Gasteiger partial charge in [-0.2, -0.15) is 5.10 Å². The molecule has 1 amide bonds. The highest BCUT2D eigenvalue weighted by atomic mass is 16.5. The molecule has 0 saturated heterocycles. The van der Waals surface area contributed by atoms with E-state index in [0.717, 1.165) is 16.9 Å². The summed E-state index contributed by atoms with van der Waals surface area (Å²) in [5.41, 5.74) is 2.76. The number of methoxy groups -OCH3 is 1. The van der Waals surface area contributed by atoms with Gasteiger partial charge in [0.25, 0.3) is 5.91 Å². The van der Waals surface area contributed by atoms with E-state index in [1.165, 1.54) is 0 Å². The summed E-state index contributed by atoms with van der Waals surface area (Å²) in [5.74, 6) is 1.33. The molecular formula is C19H19N3O2. The van der Waals surface area contributed by atoms with Gasteiger partial charge in [-0.3, -0.25) is 4.79 Å². The lowest BCUT2D eigenvalue weighted by atomic mass is 10.1. The first-order valence-corrected chi connectivity index (χ1v) is 7.68. The Kier molecular flexibility index (Phi) is 4.61. The van der Waals surface area contributed by atoms with Gasteiger partial charge < -0.3 is 10.1 Å². The first kappa shape index (κ1) is 15.8. The number of rotatable bonds is 5. The molecule has 0 bridgehead atoms. The van der Waals surface area contributed by atoms with Gasteiger partial charge in [-0.25, -0.2) is 4.68 Å². The van der Waals surface area contributed by atoms with E-state index in [-0.39, 0.29) is 5.91 Å². The second kappa shape index (κ2) is 7.00. The number of amides is 1. The predicted octanol–water partition coefficient (Wildman–Crippen LogP) is 3.50. The molecule has 0 unspecified atom stereocenters. The van der Waals surface area contributed by atoms with Crippen molar-refractivity contribution in [2.24, 2.45) is 0 Å². The summed E-state index contributed by atoms with van der Waals surface area (Å²) < 4.78 is 6.92. The summed E-state index contributed by atoms with van der Waals surface area (Å²) in [4.78, 5) is 12.4. The molecule has 0 atom stereocenters. The van der Waals surface area contributed by atoms with E-state index >= 15 is 0 Å². The molecule has 0 aliphatic carbocycles. The van der Waals surface area contributed by atoms with E-state index in [9.17, 15) is 4.79 Å². The quantitative estimate of drug-likeness (QED) is 0.782. The number of nitrogens with one attached hydrogen (secondary N) is 1. The summed E-state index contributed by atoms with van der Waals surface area (Å²) in [6.07, 6.45) is 1.68. The van der Waals surface area contributed by atoms with Crippen LogP contribution in [-0.2, 0) is 6.54 Å². The third-order valence-electron chi connectivity index (χ3n) is 3.73. The molecule has 0 saturated carbocycles. The van der Waals surface area contributed by atoms with E-state index in [0.29, 0.717) is 17.9 Å². The monoisotopic (exact) mass is 321 g/mol. The molecular weight excluding hydrogens is 302 g/mol. The Balaban J connectivity index is 1.74. The molecule has 0 aliphatic heterocycles. The highest BCUT2D eigenvalue weighted by molar-refractivity contribution is 6.03. The number of nitrogens with zero attached hydrogens (tertiary/aromatic N) is 2. The Morgan fingerprint density at radius 3 is 2.67 bits per heavy atom. The zero-order valence-corrected chi connectivity index (χ0v) is 13.7. The molecule has 2 aromatic carbocycles. The zero-order chi connectivity index (χ0) is 16.9. The third-order valence-corrected chi connectivity index (χ3v) is 3.73. The zero-order valence-electron chi connectivity index (χ0n) is 13.7. The molecule has 24 heavy (non-hydrogen) atoms. The van der Waals surface area contributed by atoms with Gasteiger partial charge >= 0.3 is 0 Å². The maximum absolute atomic E-state index is 12.4. The SMILES string of the molecule is COc1ccc(Cn2nccc2NC(=O)c2cccc(C)c2)cc1. The number of anilines is 1. The molecule has 122 valence electrons. The first-order valence-electron chi connectivity index (χ1n) is 7.68. The summed E-state index contributed by atoms with van der Waals surface area (Å²) >= 11 is 0. The van der Waals surface area contributed by atoms with Crippen molar-refractivity contribution < 1.29 is 9.53 Å². The fourth-order valence-electron chi connectivity index (χ4n) is 2.44. The van der Waals surface area contributed by atoms with Crippen LogP contribution in [0.15, 0.2) is 60.8 Å². The lowest BCUT2D eigenvalue weighted by Crippen LogP contribution is -2.16. The van der Waals surface area contributed by atoms with E-state index in [1.54, 1.807) is 30.1 Å². The van der Waals surface area contributed by atoms with Crippen LogP contribution in [0.3, 0.4) is 0 Å². The second-order valence-corrected chi connectivity index (χ2v) is 5.55. The van der Waals surface area contributed by atoms with Gasteiger partial charge in [0.15, 0.2) is 0 Å². The lowest BCUT2D eigenvalue weighted by Gasteiger charge is -2.10. The normalized spacial score (nSPS) is 10.4. The van der Waals surface area contributed by atoms with E-state index in [2.05, 4.69) is 10.4 Å². The Bertz CT molecular complexity index is 838. The van der Waals surface area contributed by atoms with E-state index < -0.39 is 0 Å². The second-order valence-electron chi connectivity index (χ2n) is 5.55. The smallest absolute Gasteiger partial charge is 0.256 e. The number of aromatic nitrogens is 2. The Labute approximate surface area is 140 Å². The first-order chi connectivity index (χ1) is 11.7. The highest BCUT2D eigenvalue weighted by Gasteiger charge is 2.10. The van der Waals surface area contributed by atoms with Gasteiger partial charge in [-0.1, -0.05) is 29.8 Å². The van der Waals surface area contributed by atoms with Crippen molar-refractivity contribution in [3.05, 3.63) is 77.5 Å². The third kappa shape index (κ3) is 3.63. The minimum absolute atomic E-state index is 0.143. The van der Waals surface area contributed by atoms with Crippen LogP contribution in [0, 0.1) is 6.92 Å². The molecule has 1 N–H and O–H groups in total. The van der Waals surface area contributed by atoms with Gasteiger partial charge in [0, 0.05) is 11.6 Å². The van der Waals surface area contributed by atoms with Crippen molar-refractivity contribution in [2.75, 3.05) is 12.4 Å². The van der Waals surface area contributed by atoms with Crippen LogP contribution < -0.4 is 10.1 Å². The number of carbonyl (C=O) groups excluding carboxylic acids is 1. The Morgan fingerprint density at radius 2 is 1.96 bits per heavy atom. The number of aryl methyl sites for hydroxylation is 1. The van der Waals surface area contributed by atoms with Crippen molar-refractivity contribution in [3.8, 4) is 5.75 Å². The van der Waals surface area contributed by atoms with Crippen LogP contribution in [0.2, 0.25) is 0 Å². The number of hydrogen-bond donors (Lipinski definition) is 1. The van der Waals surface area contributed by atoms with Crippen LogP contribution in [0.5, 0.6) is 5.75 Å². The molecule has 0 fully saturated rings. The molecule has 1 heterocycles. The van der Waals surface area contributed by atoms with E-state index in [4.69, 9.17) is 4.74 Å².